The molecule has 2 aliphatic rings. The summed E-state index contributed by atoms with van der Waals surface area (Å²) in [4.78, 5) is 25.8. The van der Waals surface area contributed by atoms with E-state index in [2.05, 4.69) is 25.0 Å². The van der Waals surface area contributed by atoms with Crippen molar-refractivity contribution >= 4 is 29.7 Å². The Morgan fingerprint density at radius 3 is 2.41 bits per heavy atom. The van der Waals surface area contributed by atoms with Crippen LogP contribution in [-0.2, 0) is 19.9 Å². The third-order valence-electron chi connectivity index (χ3n) is 6.14. The second-order valence-electron chi connectivity index (χ2n) is 7.82. The van der Waals surface area contributed by atoms with Crippen LogP contribution in [0.15, 0.2) is 48.8 Å². The molecule has 0 spiro atoms. The summed E-state index contributed by atoms with van der Waals surface area (Å²) in [5, 5.41) is 33.8. The number of morpholine rings is 1. The van der Waals surface area contributed by atoms with E-state index in [4.69, 9.17) is 24.5 Å². The lowest BCUT2D eigenvalue weighted by Gasteiger charge is -2.50. The van der Waals surface area contributed by atoms with Gasteiger partial charge < -0.3 is 25.0 Å². The molecule has 2 atom stereocenters. The van der Waals surface area contributed by atoms with E-state index in [-0.39, 0.29) is 19.0 Å². The Morgan fingerprint density at radius 1 is 1.06 bits per heavy atom. The molecule has 2 saturated heterocycles. The fraction of sp³-hybridized carbons (Fsp3) is 0.391. The summed E-state index contributed by atoms with van der Waals surface area (Å²) >= 11 is 0. The number of piperidine rings is 1. The van der Waals surface area contributed by atoms with Gasteiger partial charge in [0, 0.05) is 32.4 Å². The third kappa shape index (κ3) is 5.50. The van der Waals surface area contributed by atoms with Crippen LogP contribution in [0, 0.1) is 0 Å². The molecule has 0 amide bonds. The van der Waals surface area contributed by atoms with E-state index in [9.17, 15) is 5.11 Å². The van der Waals surface area contributed by atoms with E-state index in [1.807, 2.05) is 48.8 Å². The molecular formula is C23H29N5O6. The van der Waals surface area contributed by atoms with Crippen molar-refractivity contribution in [3.05, 3.63) is 54.4 Å². The maximum Gasteiger partial charge on any atom is 0.290 e. The minimum atomic E-state index is -0.877. The fourth-order valence-corrected chi connectivity index (χ4v) is 4.63. The van der Waals surface area contributed by atoms with Gasteiger partial charge >= 0.3 is 0 Å². The van der Waals surface area contributed by atoms with Gasteiger partial charge in [0.15, 0.2) is 5.65 Å². The molecule has 0 unspecified atom stereocenters. The second-order valence-corrected chi connectivity index (χ2v) is 7.82. The molecule has 0 saturated carbocycles. The number of aliphatic hydroxyl groups is 1. The molecule has 0 bridgehead atoms. The highest BCUT2D eigenvalue weighted by Crippen LogP contribution is 2.38. The number of hydrogen-bond donors (Lipinski definition) is 4. The third-order valence-corrected chi connectivity index (χ3v) is 6.14. The highest BCUT2D eigenvalue weighted by atomic mass is 16.5. The van der Waals surface area contributed by atoms with Crippen LogP contribution in [0.4, 0.5) is 5.69 Å². The van der Waals surface area contributed by atoms with Crippen molar-refractivity contribution in [2.24, 2.45) is 0 Å². The number of rotatable bonds is 3. The molecule has 2 aliphatic heterocycles. The standard InChI is InChI=1S/C21H25N5O2.2CH2O2/c27-21(16-4-2-1-3-5-16)7-9-26(15-19(21)25-10-12-28-13-11-25)18-6-8-22-20-17(18)14-23-24-20;2*2-1-3/h1-6,8,14,19,27H,7,9-13,15H2,(H,22,23,24);2*1H,(H,2,3)/t19-,21+;;/m1../s1. The number of pyridine rings is 1. The Hall–Kier alpha value is -3.54. The number of fused-ring (bicyclic) bond motifs is 1. The number of aromatic amines is 1. The highest BCUT2D eigenvalue weighted by molar-refractivity contribution is 5.88. The molecule has 1 aromatic carbocycles. The smallest absolute Gasteiger partial charge is 0.290 e. The normalized spacial score (nSPS) is 22.6. The molecule has 5 rings (SSSR count). The Kier molecular flexibility index (Phi) is 8.91. The molecule has 34 heavy (non-hydrogen) atoms. The Morgan fingerprint density at radius 2 is 1.74 bits per heavy atom. The van der Waals surface area contributed by atoms with Gasteiger partial charge in [0.05, 0.1) is 36.5 Å². The number of carboxylic acid groups (broad SMARTS) is 2. The zero-order valence-corrected chi connectivity index (χ0v) is 18.7. The van der Waals surface area contributed by atoms with Gasteiger partial charge in [-0.05, 0) is 18.1 Å². The lowest BCUT2D eigenvalue weighted by Crippen LogP contribution is -2.62. The predicted molar refractivity (Wildman–Crippen MR) is 125 cm³/mol. The largest absolute Gasteiger partial charge is 0.483 e. The lowest BCUT2D eigenvalue weighted by molar-refractivity contribution is -0.123. The summed E-state index contributed by atoms with van der Waals surface area (Å²) in [6.45, 7) is 4.12. The van der Waals surface area contributed by atoms with Gasteiger partial charge in [-0.15, -0.1) is 0 Å². The first-order valence-corrected chi connectivity index (χ1v) is 10.9. The minimum Gasteiger partial charge on any atom is -0.483 e. The van der Waals surface area contributed by atoms with Crippen LogP contribution >= 0.6 is 0 Å². The van der Waals surface area contributed by atoms with Gasteiger partial charge in [-0.3, -0.25) is 19.6 Å². The SMILES string of the molecule is O=CO.O=CO.O[C@]1(c2ccccc2)CCN(c2ccnc3[nH]ncc23)C[C@H]1N1CCOCC1. The summed E-state index contributed by atoms with van der Waals surface area (Å²) < 4.78 is 5.57. The summed E-state index contributed by atoms with van der Waals surface area (Å²) in [6, 6.07) is 12.1. The van der Waals surface area contributed by atoms with Crippen molar-refractivity contribution in [1.82, 2.24) is 20.1 Å². The van der Waals surface area contributed by atoms with Crippen molar-refractivity contribution in [3.8, 4) is 0 Å². The maximum absolute atomic E-state index is 11.9. The van der Waals surface area contributed by atoms with Crippen LogP contribution in [0.25, 0.3) is 11.0 Å². The molecule has 4 heterocycles. The molecule has 3 aromatic rings. The second kappa shape index (κ2) is 12.1. The molecule has 0 radical (unpaired) electrons. The first-order valence-electron chi connectivity index (χ1n) is 10.9. The number of H-pyrrole nitrogens is 1. The molecule has 4 N–H and O–H groups in total. The quantitative estimate of drug-likeness (QED) is 0.409. The van der Waals surface area contributed by atoms with Crippen molar-refractivity contribution in [3.63, 3.8) is 0 Å². The zero-order chi connectivity index (χ0) is 24.4. The monoisotopic (exact) mass is 471 g/mol. The molecule has 2 aromatic heterocycles. The Labute approximate surface area is 196 Å². The molecule has 2 fully saturated rings. The van der Waals surface area contributed by atoms with Gasteiger partial charge in [0.1, 0.15) is 5.60 Å². The van der Waals surface area contributed by atoms with Crippen LogP contribution < -0.4 is 4.90 Å². The van der Waals surface area contributed by atoms with Crippen molar-refractivity contribution in [1.29, 1.82) is 0 Å². The molecular weight excluding hydrogens is 442 g/mol. The summed E-state index contributed by atoms with van der Waals surface area (Å²) in [5.74, 6) is 0. The van der Waals surface area contributed by atoms with Crippen LogP contribution in [-0.4, -0.2) is 93.8 Å². The minimum absolute atomic E-state index is 0.0114. The van der Waals surface area contributed by atoms with Gasteiger partial charge in [-0.2, -0.15) is 5.10 Å². The van der Waals surface area contributed by atoms with E-state index < -0.39 is 5.60 Å². The number of aromatic nitrogens is 3. The van der Waals surface area contributed by atoms with Crippen LogP contribution in [0.1, 0.15) is 12.0 Å². The first kappa shape index (κ1) is 25.1. The lowest BCUT2D eigenvalue weighted by atomic mass is 9.79. The summed E-state index contributed by atoms with van der Waals surface area (Å²) in [6.07, 6.45) is 4.32. The number of benzene rings is 1. The topological polar surface area (TPSA) is 152 Å². The summed E-state index contributed by atoms with van der Waals surface area (Å²) in [5.41, 5.74) is 2.03. The molecule has 11 heteroatoms. The van der Waals surface area contributed by atoms with Gasteiger partial charge in [0.2, 0.25) is 0 Å². The average Bonchev–Trinajstić information content (AvgIpc) is 3.36. The number of anilines is 1. The molecule has 11 nitrogen and oxygen atoms in total. The van der Waals surface area contributed by atoms with Crippen LogP contribution in [0.3, 0.4) is 0 Å². The van der Waals surface area contributed by atoms with Crippen molar-refractivity contribution < 1.29 is 29.6 Å². The Bertz CT molecular complexity index is 1040. The Balaban J connectivity index is 0.000000492. The number of nitrogens with zero attached hydrogens (tertiary/aromatic N) is 4. The zero-order valence-electron chi connectivity index (χ0n) is 18.7. The van der Waals surface area contributed by atoms with E-state index in [0.29, 0.717) is 19.6 Å². The maximum atomic E-state index is 11.9. The van der Waals surface area contributed by atoms with Crippen molar-refractivity contribution in [2.45, 2.75) is 18.1 Å². The van der Waals surface area contributed by atoms with E-state index in [1.165, 1.54) is 0 Å². The number of nitrogens with one attached hydrogen (secondary N) is 1. The molecule has 0 aliphatic carbocycles. The average molecular weight is 472 g/mol. The predicted octanol–water partition coefficient (Wildman–Crippen LogP) is 1.16. The number of hydrogen-bond acceptors (Lipinski definition) is 8. The van der Waals surface area contributed by atoms with Gasteiger partial charge in [-0.25, -0.2) is 4.98 Å². The highest BCUT2D eigenvalue weighted by Gasteiger charge is 2.46. The van der Waals surface area contributed by atoms with E-state index in [1.54, 1.807) is 0 Å². The van der Waals surface area contributed by atoms with Crippen LogP contribution in [0.5, 0.6) is 0 Å². The van der Waals surface area contributed by atoms with Gasteiger partial charge in [-0.1, -0.05) is 30.3 Å². The number of carbonyl (C=O) groups is 2. The summed E-state index contributed by atoms with van der Waals surface area (Å²) in [7, 11) is 0. The van der Waals surface area contributed by atoms with E-state index in [0.717, 1.165) is 48.5 Å². The van der Waals surface area contributed by atoms with Crippen LogP contribution in [0.2, 0.25) is 0 Å². The number of ether oxygens (including phenoxy) is 1. The van der Waals surface area contributed by atoms with E-state index >= 15 is 0 Å². The van der Waals surface area contributed by atoms with Gasteiger partial charge in [0.25, 0.3) is 12.9 Å². The molecule has 182 valence electrons. The first-order chi connectivity index (χ1) is 16.6. The fourth-order valence-electron chi connectivity index (χ4n) is 4.63. The van der Waals surface area contributed by atoms with Crippen molar-refractivity contribution in [2.75, 3.05) is 44.3 Å².